The third kappa shape index (κ3) is 5.74. The molecule has 0 aliphatic rings. The standard InChI is InChI=1S/C23H25ClN4O4S/c1-16-13-18(17(2)28(16)22-8-6-5-7-21(22)24)14-25-26-23(29)15-27(33(4,30)31)19-9-11-20(32-3)12-10-19/h5-14H,15H2,1-4H3,(H,26,29)/b25-14+. The summed E-state index contributed by atoms with van der Waals surface area (Å²) >= 11 is 6.34. The van der Waals surface area contributed by atoms with Gasteiger partial charge in [0.1, 0.15) is 12.3 Å². The number of hydrogen-bond donors (Lipinski definition) is 1. The first kappa shape index (κ1) is 24.3. The van der Waals surface area contributed by atoms with Crippen LogP contribution in [0.1, 0.15) is 17.0 Å². The third-order valence-electron chi connectivity index (χ3n) is 5.00. The summed E-state index contributed by atoms with van der Waals surface area (Å²) in [4.78, 5) is 12.4. The number of carbonyl (C=O) groups is 1. The lowest BCUT2D eigenvalue weighted by molar-refractivity contribution is -0.119. The molecule has 2 aromatic carbocycles. The first-order valence-electron chi connectivity index (χ1n) is 9.99. The second kappa shape index (κ2) is 10.1. The van der Waals surface area contributed by atoms with Crippen LogP contribution < -0.4 is 14.5 Å². The summed E-state index contributed by atoms with van der Waals surface area (Å²) in [5.74, 6) is 0.00282. The summed E-state index contributed by atoms with van der Waals surface area (Å²) < 4.78 is 32.5. The SMILES string of the molecule is COc1ccc(N(CC(=O)N/N=C/c2cc(C)n(-c3ccccc3Cl)c2C)S(C)(=O)=O)cc1. The van der Waals surface area contributed by atoms with Gasteiger partial charge in [-0.3, -0.25) is 9.10 Å². The van der Waals surface area contributed by atoms with Crippen molar-refractivity contribution in [3.8, 4) is 11.4 Å². The fourth-order valence-corrected chi connectivity index (χ4v) is 4.49. The molecule has 0 bridgehead atoms. The molecule has 3 aromatic rings. The lowest BCUT2D eigenvalue weighted by atomic mass is 10.2. The van der Waals surface area contributed by atoms with Crippen LogP contribution in [-0.4, -0.2) is 45.0 Å². The van der Waals surface area contributed by atoms with Crippen LogP contribution in [0.15, 0.2) is 59.7 Å². The number of rotatable bonds is 8. The average molecular weight is 489 g/mol. The summed E-state index contributed by atoms with van der Waals surface area (Å²) in [6.07, 6.45) is 2.56. The Bertz CT molecular complexity index is 1280. The van der Waals surface area contributed by atoms with Crippen LogP contribution in [0.5, 0.6) is 5.75 Å². The normalized spacial score (nSPS) is 11.5. The van der Waals surface area contributed by atoms with Gasteiger partial charge < -0.3 is 9.30 Å². The molecule has 0 aliphatic heterocycles. The van der Waals surface area contributed by atoms with E-state index in [0.29, 0.717) is 16.5 Å². The van der Waals surface area contributed by atoms with Crippen molar-refractivity contribution in [3.63, 3.8) is 0 Å². The molecule has 0 aliphatic carbocycles. The number of anilines is 1. The number of hydrogen-bond acceptors (Lipinski definition) is 5. The number of sulfonamides is 1. The maximum Gasteiger partial charge on any atom is 0.260 e. The number of nitrogens with one attached hydrogen (secondary N) is 1. The molecule has 174 valence electrons. The monoisotopic (exact) mass is 488 g/mol. The molecule has 1 heterocycles. The Hall–Kier alpha value is -3.30. The highest BCUT2D eigenvalue weighted by atomic mass is 35.5. The zero-order valence-electron chi connectivity index (χ0n) is 18.7. The maximum atomic E-state index is 12.4. The van der Waals surface area contributed by atoms with Crippen molar-refractivity contribution < 1.29 is 17.9 Å². The van der Waals surface area contributed by atoms with Gasteiger partial charge in [0.2, 0.25) is 10.0 Å². The van der Waals surface area contributed by atoms with Crippen LogP contribution in [-0.2, 0) is 14.8 Å². The minimum Gasteiger partial charge on any atom is -0.497 e. The molecule has 0 atom stereocenters. The summed E-state index contributed by atoms with van der Waals surface area (Å²) in [6.45, 7) is 3.46. The molecule has 1 N–H and O–H groups in total. The van der Waals surface area contributed by atoms with Gasteiger partial charge in [-0.1, -0.05) is 23.7 Å². The van der Waals surface area contributed by atoms with Crippen molar-refractivity contribution in [1.29, 1.82) is 0 Å². The molecule has 0 saturated carbocycles. The van der Waals surface area contributed by atoms with Crippen molar-refractivity contribution in [3.05, 3.63) is 76.6 Å². The van der Waals surface area contributed by atoms with Gasteiger partial charge in [-0.25, -0.2) is 13.8 Å². The van der Waals surface area contributed by atoms with Crippen LogP contribution in [0.2, 0.25) is 5.02 Å². The number of para-hydroxylation sites is 1. The molecule has 1 aromatic heterocycles. The molecule has 10 heteroatoms. The van der Waals surface area contributed by atoms with E-state index in [-0.39, 0.29) is 0 Å². The highest BCUT2D eigenvalue weighted by Crippen LogP contribution is 2.25. The van der Waals surface area contributed by atoms with Gasteiger partial charge in [0.05, 0.1) is 36.0 Å². The lowest BCUT2D eigenvalue weighted by Gasteiger charge is -2.21. The van der Waals surface area contributed by atoms with Crippen molar-refractivity contribution in [1.82, 2.24) is 9.99 Å². The van der Waals surface area contributed by atoms with Crippen molar-refractivity contribution in [2.45, 2.75) is 13.8 Å². The topological polar surface area (TPSA) is 93.0 Å². The van der Waals surface area contributed by atoms with Crippen LogP contribution in [0.25, 0.3) is 5.69 Å². The Morgan fingerprint density at radius 3 is 2.45 bits per heavy atom. The van der Waals surface area contributed by atoms with Gasteiger partial charge in [0, 0.05) is 17.0 Å². The molecule has 0 unspecified atom stereocenters. The third-order valence-corrected chi connectivity index (χ3v) is 6.46. The van der Waals surface area contributed by atoms with Crippen molar-refractivity contribution in [2.75, 3.05) is 24.2 Å². The minimum absolute atomic E-state index is 0.348. The smallest absolute Gasteiger partial charge is 0.260 e. The van der Waals surface area contributed by atoms with E-state index in [1.807, 2.05) is 48.7 Å². The van der Waals surface area contributed by atoms with Gasteiger partial charge in [-0.15, -0.1) is 0 Å². The summed E-state index contributed by atoms with van der Waals surface area (Å²) in [5, 5.41) is 4.64. The summed E-state index contributed by atoms with van der Waals surface area (Å²) in [6, 6.07) is 15.8. The molecule has 1 amide bonds. The fraction of sp³-hybridized carbons (Fsp3) is 0.217. The van der Waals surface area contributed by atoms with Crippen molar-refractivity contribution >= 4 is 39.4 Å². The largest absolute Gasteiger partial charge is 0.497 e. The number of aryl methyl sites for hydroxylation is 1. The number of amides is 1. The number of halogens is 1. The molecule has 3 rings (SSSR count). The van der Waals surface area contributed by atoms with Crippen LogP contribution in [0, 0.1) is 13.8 Å². The van der Waals surface area contributed by atoms with Gasteiger partial charge >= 0.3 is 0 Å². The molecule has 0 spiro atoms. The Morgan fingerprint density at radius 2 is 1.85 bits per heavy atom. The number of hydrazone groups is 1. The highest BCUT2D eigenvalue weighted by Gasteiger charge is 2.21. The van der Waals surface area contributed by atoms with Crippen LogP contribution in [0.3, 0.4) is 0 Å². The molecule has 8 nitrogen and oxygen atoms in total. The molecule has 33 heavy (non-hydrogen) atoms. The number of benzene rings is 2. The van der Waals surface area contributed by atoms with E-state index in [0.717, 1.165) is 33.2 Å². The molecule has 0 saturated heterocycles. The van der Waals surface area contributed by atoms with E-state index >= 15 is 0 Å². The molecular weight excluding hydrogens is 464 g/mol. The van der Waals surface area contributed by atoms with E-state index in [9.17, 15) is 13.2 Å². The second-order valence-corrected chi connectivity index (χ2v) is 9.69. The maximum absolute atomic E-state index is 12.4. The Labute approximate surface area is 198 Å². The van der Waals surface area contributed by atoms with E-state index < -0.39 is 22.5 Å². The number of aromatic nitrogens is 1. The molecular formula is C23H25ClN4O4S. The van der Waals surface area contributed by atoms with Crippen LogP contribution >= 0.6 is 11.6 Å². The van der Waals surface area contributed by atoms with E-state index in [1.54, 1.807) is 24.3 Å². The molecule has 0 fully saturated rings. The first-order chi connectivity index (χ1) is 15.6. The quantitative estimate of drug-likeness (QED) is 0.386. The predicted molar refractivity (Wildman–Crippen MR) is 131 cm³/mol. The van der Waals surface area contributed by atoms with Gasteiger partial charge in [0.15, 0.2) is 0 Å². The zero-order valence-corrected chi connectivity index (χ0v) is 20.3. The van der Waals surface area contributed by atoms with Gasteiger partial charge in [0.25, 0.3) is 5.91 Å². The first-order valence-corrected chi connectivity index (χ1v) is 12.2. The lowest BCUT2D eigenvalue weighted by Crippen LogP contribution is -2.39. The number of ether oxygens (including phenoxy) is 1. The van der Waals surface area contributed by atoms with E-state index in [4.69, 9.17) is 16.3 Å². The second-order valence-electron chi connectivity index (χ2n) is 7.37. The van der Waals surface area contributed by atoms with Crippen molar-refractivity contribution in [2.24, 2.45) is 5.10 Å². The number of nitrogens with zero attached hydrogens (tertiary/aromatic N) is 3. The predicted octanol–water partition coefficient (Wildman–Crippen LogP) is 3.67. The Kier molecular flexibility index (Phi) is 7.45. The molecule has 0 radical (unpaired) electrons. The van der Waals surface area contributed by atoms with E-state index in [2.05, 4.69) is 10.5 Å². The number of carbonyl (C=O) groups excluding carboxylic acids is 1. The minimum atomic E-state index is -3.69. The van der Waals surface area contributed by atoms with Gasteiger partial charge in [-0.2, -0.15) is 5.10 Å². The zero-order chi connectivity index (χ0) is 24.2. The van der Waals surface area contributed by atoms with Gasteiger partial charge in [-0.05, 0) is 56.3 Å². The summed E-state index contributed by atoms with van der Waals surface area (Å²) in [5.41, 5.74) is 6.24. The Morgan fingerprint density at radius 1 is 1.18 bits per heavy atom. The Balaban J connectivity index is 1.74. The van der Waals surface area contributed by atoms with Crippen LogP contribution in [0.4, 0.5) is 5.69 Å². The van der Waals surface area contributed by atoms with E-state index in [1.165, 1.54) is 13.3 Å². The highest BCUT2D eigenvalue weighted by molar-refractivity contribution is 7.92. The number of methoxy groups -OCH3 is 1. The average Bonchev–Trinajstić information content (AvgIpc) is 3.05. The fourth-order valence-electron chi connectivity index (χ4n) is 3.41. The summed E-state index contributed by atoms with van der Waals surface area (Å²) in [7, 11) is -2.18.